The quantitative estimate of drug-likeness (QED) is 0.778. The fourth-order valence-electron chi connectivity index (χ4n) is 1.44. The number of rotatable bonds is 1. The molecule has 1 aromatic rings. The van der Waals surface area contributed by atoms with E-state index in [-0.39, 0.29) is 0 Å². The van der Waals surface area contributed by atoms with Crippen molar-refractivity contribution < 1.29 is 0 Å². The molecule has 0 spiro atoms. The van der Waals surface area contributed by atoms with E-state index in [2.05, 4.69) is 17.2 Å². The zero-order valence-corrected chi connectivity index (χ0v) is 9.00. The van der Waals surface area contributed by atoms with Crippen molar-refractivity contribution in [3.05, 3.63) is 21.1 Å². The highest BCUT2D eigenvalue weighted by Crippen LogP contribution is 2.26. The molecule has 0 bridgehead atoms. The van der Waals surface area contributed by atoms with Gasteiger partial charge in [-0.1, -0.05) is 17.2 Å². The van der Waals surface area contributed by atoms with Crippen LogP contribution in [0.1, 0.15) is 18.4 Å². The van der Waals surface area contributed by atoms with Crippen molar-refractivity contribution in [3.63, 3.8) is 0 Å². The van der Waals surface area contributed by atoms with Crippen LogP contribution in [0.5, 0.6) is 0 Å². The van der Waals surface area contributed by atoms with Crippen LogP contribution in [0.2, 0.25) is 5.15 Å². The maximum Gasteiger partial charge on any atom is 0.140 e. The Labute approximate surface area is 86.6 Å². The minimum Gasteiger partial charge on any atom is -0.312 e. The second-order valence-corrected chi connectivity index (χ2v) is 4.41. The van der Waals surface area contributed by atoms with Gasteiger partial charge in [0, 0.05) is 17.5 Å². The van der Waals surface area contributed by atoms with Gasteiger partial charge in [-0.25, -0.2) is 4.98 Å². The lowest BCUT2D eigenvalue weighted by atomic mass is 10.0. The summed E-state index contributed by atoms with van der Waals surface area (Å²) in [7, 11) is 0. The van der Waals surface area contributed by atoms with Crippen LogP contribution in [0.4, 0.5) is 0 Å². The summed E-state index contributed by atoms with van der Waals surface area (Å²) in [6.45, 7) is 4.18. The molecule has 0 aliphatic carbocycles. The van der Waals surface area contributed by atoms with Gasteiger partial charge in [-0.05, 0) is 19.9 Å². The van der Waals surface area contributed by atoms with Gasteiger partial charge in [-0.2, -0.15) is 0 Å². The van der Waals surface area contributed by atoms with Crippen molar-refractivity contribution in [1.82, 2.24) is 10.3 Å². The Morgan fingerprint density at radius 3 is 3.08 bits per heavy atom. The lowest BCUT2D eigenvalue weighted by molar-refractivity contribution is 0.715. The third kappa shape index (κ3) is 1.93. The molecule has 1 aliphatic rings. The van der Waals surface area contributed by atoms with E-state index in [9.17, 15) is 0 Å². The number of nitrogens with zero attached hydrogens (tertiary/aromatic N) is 1. The summed E-state index contributed by atoms with van der Waals surface area (Å²) in [5, 5.41) is 6.89. The van der Waals surface area contributed by atoms with E-state index in [1.54, 1.807) is 11.3 Å². The van der Waals surface area contributed by atoms with Crippen molar-refractivity contribution in [2.75, 3.05) is 13.1 Å². The fourth-order valence-corrected chi connectivity index (χ4v) is 2.51. The smallest absolute Gasteiger partial charge is 0.140 e. The van der Waals surface area contributed by atoms with E-state index in [1.165, 1.54) is 11.1 Å². The minimum absolute atomic E-state index is 0.603. The molecule has 13 heavy (non-hydrogen) atoms. The Kier molecular flexibility index (Phi) is 2.67. The van der Waals surface area contributed by atoms with Gasteiger partial charge in [0.25, 0.3) is 0 Å². The Balaban J connectivity index is 2.34. The number of thiazole rings is 1. The Hall–Kier alpha value is -0.380. The first-order valence-corrected chi connectivity index (χ1v) is 5.54. The third-order valence-electron chi connectivity index (χ3n) is 2.23. The summed E-state index contributed by atoms with van der Waals surface area (Å²) in [5.41, 5.74) is 2.76. The lowest BCUT2D eigenvalue weighted by Crippen LogP contribution is -2.23. The van der Waals surface area contributed by atoms with Gasteiger partial charge in [0.2, 0.25) is 0 Å². The predicted octanol–water partition coefficient (Wildman–Crippen LogP) is 2.56. The van der Waals surface area contributed by atoms with E-state index < -0.39 is 0 Å². The maximum atomic E-state index is 5.78. The second kappa shape index (κ2) is 3.78. The van der Waals surface area contributed by atoms with Crippen LogP contribution in [-0.2, 0) is 0 Å². The van der Waals surface area contributed by atoms with Crippen LogP contribution >= 0.6 is 22.9 Å². The summed E-state index contributed by atoms with van der Waals surface area (Å²) < 4.78 is 0. The van der Waals surface area contributed by atoms with Crippen LogP contribution in [0.25, 0.3) is 5.57 Å². The average Bonchev–Trinajstić information content (AvgIpc) is 2.53. The first-order chi connectivity index (χ1) is 6.27. The van der Waals surface area contributed by atoms with Gasteiger partial charge in [0.15, 0.2) is 0 Å². The standard InChI is InChI=1S/C9H11ClN2S/c1-6-2-3-11-4-7(6)9-12-8(10)5-13-9/h5,11H,2-4H2,1H3. The second-order valence-electron chi connectivity index (χ2n) is 3.16. The molecule has 1 aromatic heterocycles. The Bertz CT molecular complexity index is 343. The summed E-state index contributed by atoms with van der Waals surface area (Å²) >= 11 is 7.40. The molecule has 2 heterocycles. The topological polar surface area (TPSA) is 24.9 Å². The molecule has 2 nitrogen and oxygen atoms in total. The number of halogens is 1. The van der Waals surface area contributed by atoms with Gasteiger partial charge < -0.3 is 5.32 Å². The first-order valence-electron chi connectivity index (χ1n) is 4.28. The monoisotopic (exact) mass is 214 g/mol. The van der Waals surface area contributed by atoms with E-state index in [1.807, 2.05) is 5.38 Å². The molecule has 0 aromatic carbocycles. The van der Waals surface area contributed by atoms with Crippen LogP contribution in [0.15, 0.2) is 11.0 Å². The van der Waals surface area contributed by atoms with Crippen molar-refractivity contribution >= 4 is 28.5 Å². The van der Waals surface area contributed by atoms with Crippen molar-refractivity contribution in [2.45, 2.75) is 13.3 Å². The largest absolute Gasteiger partial charge is 0.312 e. The number of nitrogens with one attached hydrogen (secondary N) is 1. The molecule has 1 aliphatic heterocycles. The van der Waals surface area contributed by atoms with Gasteiger partial charge in [-0.15, -0.1) is 11.3 Å². The van der Waals surface area contributed by atoms with Crippen molar-refractivity contribution in [1.29, 1.82) is 0 Å². The highest BCUT2D eigenvalue weighted by molar-refractivity contribution is 7.11. The zero-order valence-electron chi connectivity index (χ0n) is 7.43. The van der Waals surface area contributed by atoms with Crippen LogP contribution < -0.4 is 5.32 Å². The SMILES string of the molecule is CC1=C(c2nc(Cl)cs2)CNCC1. The Morgan fingerprint density at radius 1 is 1.62 bits per heavy atom. The summed E-state index contributed by atoms with van der Waals surface area (Å²) in [6.07, 6.45) is 1.12. The van der Waals surface area contributed by atoms with E-state index in [4.69, 9.17) is 11.6 Å². The minimum atomic E-state index is 0.603. The molecule has 1 N–H and O–H groups in total. The van der Waals surface area contributed by atoms with Gasteiger partial charge >= 0.3 is 0 Å². The highest BCUT2D eigenvalue weighted by Gasteiger charge is 2.13. The number of hydrogen-bond donors (Lipinski definition) is 1. The van der Waals surface area contributed by atoms with E-state index in [0.717, 1.165) is 24.5 Å². The first kappa shape index (κ1) is 9.19. The van der Waals surface area contributed by atoms with Gasteiger partial charge in [0.1, 0.15) is 10.2 Å². The molecule has 2 rings (SSSR count). The zero-order chi connectivity index (χ0) is 9.26. The molecule has 0 atom stereocenters. The molecule has 70 valence electrons. The third-order valence-corrected chi connectivity index (χ3v) is 3.45. The molecule has 0 unspecified atom stereocenters. The predicted molar refractivity (Wildman–Crippen MR) is 57.2 cm³/mol. The summed E-state index contributed by atoms with van der Waals surface area (Å²) in [5.74, 6) is 0. The number of aromatic nitrogens is 1. The van der Waals surface area contributed by atoms with Crippen LogP contribution in [0, 0.1) is 0 Å². The molecular weight excluding hydrogens is 204 g/mol. The Morgan fingerprint density at radius 2 is 2.46 bits per heavy atom. The number of hydrogen-bond acceptors (Lipinski definition) is 3. The molecule has 0 radical (unpaired) electrons. The average molecular weight is 215 g/mol. The lowest BCUT2D eigenvalue weighted by Gasteiger charge is -2.16. The van der Waals surface area contributed by atoms with Gasteiger partial charge in [-0.3, -0.25) is 0 Å². The summed E-state index contributed by atoms with van der Waals surface area (Å²) in [4.78, 5) is 4.27. The van der Waals surface area contributed by atoms with E-state index >= 15 is 0 Å². The molecule has 4 heteroatoms. The molecule has 0 saturated heterocycles. The van der Waals surface area contributed by atoms with E-state index in [0.29, 0.717) is 5.15 Å². The fraction of sp³-hybridized carbons (Fsp3) is 0.444. The molecular formula is C9H11ClN2S. The highest BCUT2D eigenvalue weighted by atomic mass is 35.5. The maximum absolute atomic E-state index is 5.78. The molecule has 0 fully saturated rings. The molecule has 0 saturated carbocycles. The van der Waals surface area contributed by atoms with Gasteiger partial charge in [0.05, 0.1) is 0 Å². The van der Waals surface area contributed by atoms with Crippen LogP contribution in [-0.4, -0.2) is 18.1 Å². The van der Waals surface area contributed by atoms with Crippen molar-refractivity contribution in [2.24, 2.45) is 0 Å². The van der Waals surface area contributed by atoms with Crippen LogP contribution in [0.3, 0.4) is 0 Å². The molecule has 0 amide bonds. The summed E-state index contributed by atoms with van der Waals surface area (Å²) in [6, 6.07) is 0. The normalized spacial score (nSPS) is 18.0. The van der Waals surface area contributed by atoms with Crippen molar-refractivity contribution in [3.8, 4) is 0 Å².